The highest BCUT2D eigenvalue weighted by atomic mass is 32.2. The smallest absolute Gasteiger partial charge is 0.407 e. The highest BCUT2D eigenvalue weighted by Gasteiger charge is 2.42. The number of fused-ring (bicyclic) bond motifs is 1. The summed E-state index contributed by atoms with van der Waals surface area (Å²) in [5.74, 6) is 0.877. The van der Waals surface area contributed by atoms with Crippen molar-refractivity contribution < 1.29 is 114 Å². The molecule has 2 aliphatic rings. The van der Waals surface area contributed by atoms with Crippen LogP contribution in [0.1, 0.15) is 52.9 Å². The maximum Gasteiger partial charge on any atom is 0.407 e. The van der Waals surface area contributed by atoms with Crippen LogP contribution in [-0.4, -0.2) is 323 Å². The molecule has 2 saturated heterocycles. The molecule has 3 atom stereocenters. The molecule has 29 nitrogen and oxygen atoms in total. The minimum absolute atomic E-state index is 0.0347. The molecule has 0 aromatic heterocycles. The predicted molar refractivity (Wildman–Crippen MR) is 324 cm³/mol. The molecule has 5 N–H and O–H groups in total. The molecule has 0 aliphatic carbocycles. The molecule has 0 aromatic rings. The summed E-state index contributed by atoms with van der Waals surface area (Å²) in [5.41, 5.74) is -0.526. The van der Waals surface area contributed by atoms with Gasteiger partial charge in [-0.25, -0.2) is 9.59 Å². The summed E-state index contributed by atoms with van der Waals surface area (Å²) in [7, 11) is 0. The van der Waals surface area contributed by atoms with Crippen LogP contribution in [0.4, 0.5) is 9.59 Å². The lowest BCUT2D eigenvalue weighted by Gasteiger charge is -2.19. The Morgan fingerprint density at radius 3 is 0.955 bits per heavy atom. The molecule has 2 aliphatic heterocycles. The average molecular weight is 1290 g/mol. The third-order valence-electron chi connectivity index (χ3n) is 11.9. The lowest BCUT2D eigenvalue weighted by Crippen LogP contribution is -2.36. The molecule has 88 heavy (non-hydrogen) atoms. The second kappa shape index (κ2) is 61.6. The zero-order valence-electron chi connectivity index (χ0n) is 53.2. The van der Waals surface area contributed by atoms with E-state index in [0.717, 1.165) is 25.0 Å². The number of thioether (sulfide) groups is 1. The van der Waals surface area contributed by atoms with Crippen LogP contribution < -0.4 is 26.6 Å². The van der Waals surface area contributed by atoms with Crippen molar-refractivity contribution in [3.63, 3.8) is 0 Å². The van der Waals surface area contributed by atoms with Gasteiger partial charge in [0.15, 0.2) is 0 Å². The van der Waals surface area contributed by atoms with E-state index in [0.29, 0.717) is 282 Å². The van der Waals surface area contributed by atoms with E-state index in [1.165, 1.54) is 0 Å². The fraction of sp³-hybridized carbons (Fsp3) is 0.931. The number of carbonyl (C=O) groups is 4. The maximum absolute atomic E-state index is 12.1. The molecule has 2 heterocycles. The molecule has 30 heteroatoms. The van der Waals surface area contributed by atoms with Crippen molar-refractivity contribution in [2.45, 2.75) is 75.8 Å². The van der Waals surface area contributed by atoms with Gasteiger partial charge in [0.1, 0.15) is 5.60 Å². The molecular formula is C58H111N5O24S. The van der Waals surface area contributed by atoms with E-state index in [-0.39, 0.29) is 36.3 Å². The molecular weight excluding hydrogens is 1180 g/mol. The Labute approximate surface area is 526 Å². The van der Waals surface area contributed by atoms with Crippen LogP contribution in [0.2, 0.25) is 0 Å². The van der Waals surface area contributed by atoms with E-state index in [1.807, 2.05) is 32.5 Å². The van der Waals surface area contributed by atoms with Gasteiger partial charge in [0.25, 0.3) is 0 Å². The van der Waals surface area contributed by atoms with Crippen LogP contribution in [0.15, 0.2) is 0 Å². The Bertz CT molecular complexity index is 1610. The van der Waals surface area contributed by atoms with Gasteiger partial charge in [-0.05, 0) is 33.6 Å². The molecule has 0 saturated carbocycles. The summed E-state index contributed by atoms with van der Waals surface area (Å²) in [6.07, 6.45) is 3.09. The van der Waals surface area contributed by atoms with E-state index < -0.39 is 11.7 Å². The van der Waals surface area contributed by atoms with Crippen molar-refractivity contribution in [2.75, 3.05) is 276 Å². The summed E-state index contributed by atoms with van der Waals surface area (Å²) in [4.78, 5) is 47.2. The van der Waals surface area contributed by atoms with E-state index >= 15 is 0 Å². The number of urea groups is 1. The fourth-order valence-corrected chi connectivity index (χ4v) is 9.17. The standard InChI is InChI=1S/C58H111N5O24S/c1-58(2,3)87-57(67)61-11-15-71-19-23-75-27-31-79-35-39-83-41-40-80-36-32-76-28-24-72-20-16-68-12-8-54(65)60-10-14-70-18-22-74-26-30-78-34-38-82-43-45-85-47-49-86-48-46-84-44-42-81-37-33-77-29-25-73-21-17-69-13-9-59-53(64)7-5-4-6-52-55-51(50-88-52)62-56(66)63-55/h51-52,55H,4-50H2,1-3H3,(H,59,64)(H,60,65)(H,61,67)(H2,62,63,66)/t51-,52-,55-/m0/s1. The Morgan fingerprint density at radius 1 is 0.375 bits per heavy atom. The minimum atomic E-state index is -0.526. The third-order valence-corrected chi connectivity index (χ3v) is 13.4. The fourth-order valence-electron chi connectivity index (χ4n) is 7.62. The molecule has 2 rings (SSSR count). The summed E-state index contributed by atoms with van der Waals surface area (Å²) >= 11 is 1.90. The number of rotatable bonds is 68. The Hall–Kier alpha value is -2.93. The molecule has 0 bridgehead atoms. The molecule has 518 valence electrons. The van der Waals surface area contributed by atoms with E-state index in [1.54, 1.807) is 0 Å². The van der Waals surface area contributed by atoms with Crippen LogP contribution >= 0.6 is 11.8 Å². The van der Waals surface area contributed by atoms with Crippen LogP contribution in [0.25, 0.3) is 0 Å². The van der Waals surface area contributed by atoms with Gasteiger partial charge in [-0.1, -0.05) is 6.42 Å². The van der Waals surface area contributed by atoms with Gasteiger partial charge < -0.3 is 121 Å². The van der Waals surface area contributed by atoms with Crippen LogP contribution in [0, 0.1) is 0 Å². The number of carbonyl (C=O) groups excluding carboxylic acids is 4. The first-order valence-electron chi connectivity index (χ1n) is 31.3. The molecule has 0 spiro atoms. The van der Waals surface area contributed by atoms with Gasteiger partial charge in [0, 0.05) is 43.5 Å². The lowest BCUT2D eigenvalue weighted by molar-refractivity contribution is -0.123. The van der Waals surface area contributed by atoms with Crippen LogP contribution in [0.5, 0.6) is 0 Å². The second-order valence-corrected chi connectivity index (χ2v) is 21.7. The summed E-state index contributed by atoms with van der Waals surface area (Å²) in [5, 5.41) is 14.7. The van der Waals surface area contributed by atoms with Gasteiger partial charge in [-0.2, -0.15) is 11.8 Å². The summed E-state index contributed by atoms with van der Waals surface area (Å²) in [6.45, 7) is 23.5. The number of nitrogens with one attached hydrogen (secondary N) is 5. The monoisotopic (exact) mass is 1290 g/mol. The Kier molecular flexibility index (Phi) is 56.8. The van der Waals surface area contributed by atoms with E-state index in [9.17, 15) is 19.2 Å². The first-order valence-corrected chi connectivity index (χ1v) is 32.3. The SMILES string of the molecule is CC(C)(C)OC(=O)NCCOCCOCCOCCOCCOCCOCCOCCOCCC(=O)NCCOCCOCCOCCOCCOCCOCCOCCOCCOCCOCCOCCNC(=O)CCCC[C@@H]1SC[C@@H]2NC(=O)N[C@@H]21. The summed E-state index contributed by atoms with van der Waals surface area (Å²) in [6, 6.07) is 0.381. The molecule has 0 radical (unpaired) electrons. The lowest BCUT2D eigenvalue weighted by atomic mass is 10.0. The quantitative estimate of drug-likeness (QED) is 0.0422. The number of hydrogen-bond donors (Lipinski definition) is 5. The van der Waals surface area contributed by atoms with E-state index in [4.69, 9.17) is 94.7 Å². The van der Waals surface area contributed by atoms with Crippen molar-refractivity contribution >= 4 is 35.7 Å². The number of alkyl carbamates (subject to hydrolysis) is 1. The largest absolute Gasteiger partial charge is 0.444 e. The normalized spacial score (nSPS) is 15.6. The first-order chi connectivity index (χ1) is 43.1. The Morgan fingerprint density at radius 2 is 0.648 bits per heavy atom. The van der Waals surface area contributed by atoms with Gasteiger partial charge >= 0.3 is 12.1 Å². The van der Waals surface area contributed by atoms with Crippen molar-refractivity contribution in [3.05, 3.63) is 0 Å². The highest BCUT2D eigenvalue weighted by molar-refractivity contribution is 8.00. The van der Waals surface area contributed by atoms with Crippen molar-refractivity contribution in [3.8, 4) is 0 Å². The van der Waals surface area contributed by atoms with Crippen LogP contribution in [-0.2, 0) is 104 Å². The molecule has 2 fully saturated rings. The summed E-state index contributed by atoms with van der Waals surface area (Å²) < 4.78 is 110. The maximum atomic E-state index is 12.1. The number of ether oxygens (including phenoxy) is 20. The van der Waals surface area contributed by atoms with E-state index in [2.05, 4.69) is 26.6 Å². The zero-order chi connectivity index (χ0) is 63.2. The van der Waals surface area contributed by atoms with Gasteiger partial charge in [-0.3, -0.25) is 9.59 Å². The molecule has 5 amide bonds. The highest BCUT2D eigenvalue weighted by Crippen LogP contribution is 2.33. The van der Waals surface area contributed by atoms with Gasteiger partial charge in [0.2, 0.25) is 11.8 Å². The Balaban J connectivity index is 1.11. The average Bonchev–Trinajstić information content (AvgIpc) is 3.65. The van der Waals surface area contributed by atoms with Crippen molar-refractivity contribution in [1.29, 1.82) is 0 Å². The number of amides is 5. The third kappa shape index (κ3) is 55.9. The zero-order valence-corrected chi connectivity index (χ0v) is 54.0. The molecule has 0 unspecified atom stereocenters. The van der Waals surface area contributed by atoms with Crippen molar-refractivity contribution in [2.24, 2.45) is 0 Å². The predicted octanol–water partition coefficient (Wildman–Crippen LogP) is 1.17. The van der Waals surface area contributed by atoms with Gasteiger partial charge in [-0.15, -0.1) is 0 Å². The molecule has 0 aromatic carbocycles. The van der Waals surface area contributed by atoms with Gasteiger partial charge in [0.05, 0.1) is 263 Å². The second-order valence-electron chi connectivity index (χ2n) is 20.4. The number of unbranched alkanes of at least 4 members (excludes halogenated alkanes) is 1. The van der Waals surface area contributed by atoms with Crippen LogP contribution in [0.3, 0.4) is 0 Å². The minimum Gasteiger partial charge on any atom is -0.444 e. The van der Waals surface area contributed by atoms with Crippen molar-refractivity contribution in [1.82, 2.24) is 26.6 Å². The topological polar surface area (TPSA) is 313 Å². The number of hydrogen-bond acceptors (Lipinski definition) is 25. The first kappa shape index (κ1) is 81.2.